The number of hydrogen-bond donors (Lipinski definition) is 0. The highest BCUT2D eigenvalue weighted by atomic mass is 79.9. The third-order valence-corrected chi connectivity index (χ3v) is 3.42. The maximum Gasteiger partial charge on any atom is 0.327 e. The Hall–Kier alpha value is -0.380. The summed E-state index contributed by atoms with van der Waals surface area (Å²) >= 11 is 3.01. The van der Waals surface area contributed by atoms with E-state index in [1.807, 2.05) is 0 Å². The van der Waals surface area contributed by atoms with Crippen LogP contribution >= 0.6 is 15.9 Å². The van der Waals surface area contributed by atoms with Crippen molar-refractivity contribution in [1.29, 1.82) is 0 Å². The van der Waals surface area contributed by atoms with Crippen molar-refractivity contribution >= 4 is 27.7 Å². The normalized spacial score (nSPS) is 20.1. The van der Waals surface area contributed by atoms with E-state index >= 15 is 0 Å². The number of hydrogen-bond acceptors (Lipinski definition) is 3. The minimum atomic E-state index is -0.788. The van der Waals surface area contributed by atoms with Gasteiger partial charge >= 0.3 is 5.97 Å². The third kappa shape index (κ3) is 3.40. The van der Waals surface area contributed by atoms with Crippen molar-refractivity contribution in [2.24, 2.45) is 0 Å². The van der Waals surface area contributed by atoms with Crippen molar-refractivity contribution in [1.82, 2.24) is 0 Å². The highest BCUT2D eigenvalue weighted by Crippen LogP contribution is 2.21. The Morgan fingerprint density at radius 3 is 2.36 bits per heavy atom. The van der Waals surface area contributed by atoms with Gasteiger partial charge in [0, 0.05) is 0 Å². The van der Waals surface area contributed by atoms with Crippen LogP contribution in [0.5, 0.6) is 0 Å². The van der Waals surface area contributed by atoms with E-state index in [0.29, 0.717) is 0 Å². The lowest BCUT2D eigenvalue weighted by Gasteiger charge is -2.22. The van der Waals surface area contributed by atoms with Crippen LogP contribution in [0.2, 0.25) is 0 Å². The van der Waals surface area contributed by atoms with Gasteiger partial charge in [0.1, 0.15) is 6.10 Å². The SMILES string of the molecule is CC(=O)C(Br)C(=O)OC1CCCCC1. The van der Waals surface area contributed by atoms with Crippen LogP contribution in [0.15, 0.2) is 0 Å². The average Bonchev–Trinajstić information content (AvgIpc) is 2.18. The topological polar surface area (TPSA) is 43.4 Å². The molecule has 0 aliphatic heterocycles. The minimum Gasteiger partial charge on any atom is -0.461 e. The van der Waals surface area contributed by atoms with Gasteiger partial charge in [0.25, 0.3) is 0 Å². The molecule has 3 nitrogen and oxygen atoms in total. The van der Waals surface area contributed by atoms with E-state index in [2.05, 4.69) is 15.9 Å². The zero-order valence-electron chi connectivity index (χ0n) is 8.29. The van der Waals surface area contributed by atoms with Gasteiger partial charge in [0.2, 0.25) is 0 Å². The first-order valence-corrected chi connectivity index (χ1v) is 5.88. The Morgan fingerprint density at radius 2 is 1.86 bits per heavy atom. The molecule has 0 N–H and O–H groups in total. The number of Topliss-reactive ketones (excluding diaryl/α,β-unsaturated/α-hetero) is 1. The molecule has 0 amide bonds. The molecule has 0 aromatic heterocycles. The molecule has 80 valence electrons. The third-order valence-electron chi connectivity index (χ3n) is 2.40. The molecule has 0 saturated heterocycles. The standard InChI is InChI=1S/C10H15BrO3/c1-7(12)9(11)10(13)14-8-5-3-2-4-6-8/h8-9H,2-6H2,1H3. The summed E-state index contributed by atoms with van der Waals surface area (Å²) in [6, 6.07) is 0. The van der Waals surface area contributed by atoms with Crippen molar-refractivity contribution in [2.45, 2.75) is 50.0 Å². The molecular formula is C10H15BrO3. The first-order valence-electron chi connectivity index (χ1n) is 4.96. The zero-order chi connectivity index (χ0) is 10.6. The molecular weight excluding hydrogens is 248 g/mol. The van der Waals surface area contributed by atoms with Gasteiger partial charge in [0.15, 0.2) is 10.6 Å². The first kappa shape index (κ1) is 11.7. The molecule has 0 aromatic carbocycles. The second-order valence-electron chi connectivity index (χ2n) is 3.67. The van der Waals surface area contributed by atoms with E-state index in [0.717, 1.165) is 25.7 Å². The molecule has 1 aliphatic carbocycles. The number of carbonyl (C=O) groups excluding carboxylic acids is 2. The van der Waals surface area contributed by atoms with Crippen LogP contribution in [0.1, 0.15) is 39.0 Å². The highest BCUT2D eigenvalue weighted by Gasteiger charge is 2.25. The van der Waals surface area contributed by atoms with E-state index in [4.69, 9.17) is 4.74 Å². The summed E-state index contributed by atoms with van der Waals surface area (Å²) in [5.41, 5.74) is 0. The summed E-state index contributed by atoms with van der Waals surface area (Å²) in [4.78, 5) is 21.5. The zero-order valence-corrected chi connectivity index (χ0v) is 9.88. The van der Waals surface area contributed by atoms with Crippen LogP contribution < -0.4 is 0 Å². The van der Waals surface area contributed by atoms with Crippen LogP contribution in [0.4, 0.5) is 0 Å². The molecule has 1 fully saturated rings. The lowest BCUT2D eigenvalue weighted by Crippen LogP contribution is -2.29. The van der Waals surface area contributed by atoms with E-state index in [1.165, 1.54) is 13.3 Å². The molecule has 0 aromatic rings. The Balaban J connectivity index is 2.35. The van der Waals surface area contributed by atoms with Crippen LogP contribution in [0.25, 0.3) is 0 Å². The van der Waals surface area contributed by atoms with Crippen molar-refractivity contribution in [3.63, 3.8) is 0 Å². The minimum absolute atomic E-state index is 0.0237. The molecule has 0 heterocycles. The fourth-order valence-electron chi connectivity index (χ4n) is 1.57. The van der Waals surface area contributed by atoms with Crippen LogP contribution in [0.3, 0.4) is 0 Å². The van der Waals surface area contributed by atoms with Crippen LogP contribution in [-0.4, -0.2) is 22.7 Å². The van der Waals surface area contributed by atoms with Crippen molar-refractivity contribution in [3.8, 4) is 0 Å². The van der Waals surface area contributed by atoms with E-state index in [1.54, 1.807) is 0 Å². The van der Waals surface area contributed by atoms with Crippen LogP contribution in [0, 0.1) is 0 Å². The van der Waals surface area contributed by atoms with Crippen molar-refractivity contribution in [3.05, 3.63) is 0 Å². The summed E-state index contributed by atoms with van der Waals surface area (Å²) in [7, 11) is 0. The molecule has 1 unspecified atom stereocenters. The smallest absolute Gasteiger partial charge is 0.327 e. The number of ether oxygens (including phenoxy) is 1. The largest absolute Gasteiger partial charge is 0.461 e. The molecule has 14 heavy (non-hydrogen) atoms. The van der Waals surface area contributed by atoms with Gasteiger partial charge in [-0.05, 0) is 32.6 Å². The Kier molecular flexibility index (Phi) is 4.58. The van der Waals surface area contributed by atoms with E-state index in [9.17, 15) is 9.59 Å². The predicted octanol–water partition coefficient (Wildman–Crippen LogP) is 2.21. The molecule has 1 atom stereocenters. The van der Waals surface area contributed by atoms with E-state index in [-0.39, 0.29) is 11.9 Å². The molecule has 1 aliphatic rings. The summed E-state index contributed by atoms with van der Waals surface area (Å²) in [5, 5.41) is 0. The van der Waals surface area contributed by atoms with Gasteiger partial charge in [-0.2, -0.15) is 0 Å². The average molecular weight is 263 g/mol. The summed E-state index contributed by atoms with van der Waals surface area (Å²) < 4.78 is 5.21. The Labute approximate surface area is 92.3 Å². The van der Waals surface area contributed by atoms with Crippen LogP contribution in [-0.2, 0) is 14.3 Å². The van der Waals surface area contributed by atoms with Crippen molar-refractivity contribution < 1.29 is 14.3 Å². The number of rotatable bonds is 3. The summed E-state index contributed by atoms with van der Waals surface area (Å²) in [6.45, 7) is 1.38. The fourth-order valence-corrected chi connectivity index (χ4v) is 1.68. The lowest BCUT2D eigenvalue weighted by molar-refractivity contribution is -0.151. The molecule has 1 saturated carbocycles. The summed E-state index contributed by atoms with van der Waals surface area (Å²) in [6.07, 6.45) is 5.34. The monoisotopic (exact) mass is 262 g/mol. The number of carbonyl (C=O) groups is 2. The molecule has 0 radical (unpaired) electrons. The van der Waals surface area contributed by atoms with Gasteiger partial charge in [-0.25, -0.2) is 0 Å². The van der Waals surface area contributed by atoms with Gasteiger partial charge < -0.3 is 4.74 Å². The molecule has 0 bridgehead atoms. The Bertz CT molecular complexity index is 221. The number of alkyl halides is 1. The quantitative estimate of drug-likeness (QED) is 0.445. The number of ketones is 1. The van der Waals surface area contributed by atoms with Crippen molar-refractivity contribution in [2.75, 3.05) is 0 Å². The molecule has 4 heteroatoms. The first-order chi connectivity index (χ1) is 6.61. The van der Waals surface area contributed by atoms with Gasteiger partial charge in [0.05, 0.1) is 0 Å². The second-order valence-corrected chi connectivity index (χ2v) is 4.59. The molecule has 0 spiro atoms. The maximum absolute atomic E-state index is 11.4. The maximum atomic E-state index is 11.4. The molecule has 1 rings (SSSR count). The lowest BCUT2D eigenvalue weighted by atomic mass is 9.98. The fraction of sp³-hybridized carbons (Fsp3) is 0.800. The van der Waals surface area contributed by atoms with E-state index < -0.39 is 10.8 Å². The number of halogens is 1. The predicted molar refractivity (Wildman–Crippen MR) is 56.4 cm³/mol. The highest BCUT2D eigenvalue weighted by molar-refractivity contribution is 9.10. The van der Waals surface area contributed by atoms with Gasteiger partial charge in [-0.3, -0.25) is 9.59 Å². The summed E-state index contributed by atoms with van der Waals surface area (Å²) in [5.74, 6) is -0.643. The number of esters is 1. The van der Waals surface area contributed by atoms with Gasteiger partial charge in [-0.15, -0.1) is 0 Å². The Morgan fingerprint density at radius 1 is 1.29 bits per heavy atom. The van der Waals surface area contributed by atoms with Gasteiger partial charge in [-0.1, -0.05) is 22.4 Å². The second kappa shape index (κ2) is 5.49.